The van der Waals surface area contributed by atoms with Crippen molar-refractivity contribution in [3.8, 4) is 23.0 Å². The number of hydrogen-bond donors (Lipinski definition) is 0. The van der Waals surface area contributed by atoms with E-state index in [1.54, 1.807) is 66.2 Å². The van der Waals surface area contributed by atoms with Crippen LogP contribution >= 0.6 is 0 Å². The predicted molar refractivity (Wildman–Crippen MR) is 240 cm³/mol. The smallest absolute Gasteiger partial charge is 0.316 e. The quantitative estimate of drug-likeness (QED) is 0.0809. The highest BCUT2D eigenvalue weighted by molar-refractivity contribution is 6.03. The molecule has 4 aromatic carbocycles. The van der Waals surface area contributed by atoms with Crippen molar-refractivity contribution < 1.29 is 57.1 Å². The number of rotatable bonds is 18. The summed E-state index contributed by atoms with van der Waals surface area (Å²) < 4.78 is 49.2. The normalized spacial score (nSPS) is 30.8. The van der Waals surface area contributed by atoms with E-state index in [1.165, 1.54) is 14.2 Å². The van der Waals surface area contributed by atoms with Gasteiger partial charge in [0, 0.05) is 72.4 Å². The molecule has 6 aliphatic rings. The van der Waals surface area contributed by atoms with E-state index in [2.05, 4.69) is 9.80 Å². The predicted octanol–water partition coefficient (Wildman–Crippen LogP) is 6.33. The lowest BCUT2D eigenvalue weighted by molar-refractivity contribution is -0.449. The van der Waals surface area contributed by atoms with E-state index in [1.807, 2.05) is 72.8 Å². The molecule has 348 valence electrons. The van der Waals surface area contributed by atoms with Gasteiger partial charge in [-0.15, -0.1) is 0 Å². The van der Waals surface area contributed by atoms with Crippen molar-refractivity contribution in [1.82, 2.24) is 9.80 Å². The second kappa shape index (κ2) is 16.9. The highest BCUT2D eigenvalue weighted by Gasteiger charge is 3.06. The average Bonchev–Trinajstić information content (AvgIpc) is 3.31. The fourth-order valence-electron chi connectivity index (χ4n) is 14.0. The molecule has 8 bridgehead atoms. The first kappa shape index (κ1) is 45.1. The van der Waals surface area contributed by atoms with Crippen molar-refractivity contribution in [2.24, 2.45) is 21.7 Å². The number of piperidine rings is 4. The van der Waals surface area contributed by atoms with Crippen molar-refractivity contribution in [2.45, 2.75) is 76.8 Å². The molecule has 4 aromatic rings. The fraction of sp³-hybridized carbons (Fsp3) is 0.462. The molecule has 0 radical (unpaired) electrons. The summed E-state index contributed by atoms with van der Waals surface area (Å²) in [4.78, 5) is 68.9. The largest absolute Gasteiger partial charge is 0.497 e. The first-order valence-electron chi connectivity index (χ1n) is 22.8. The molecule has 14 heteroatoms. The van der Waals surface area contributed by atoms with Gasteiger partial charge in [-0.1, -0.05) is 72.8 Å². The lowest BCUT2D eigenvalue weighted by Gasteiger charge is -2.95. The average molecular weight is 903 g/mol. The third-order valence-corrected chi connectivity index (χ3v) is 15.3. The topological polar surface area (TPSA) is 149 Å². The number of benzene rings is 4. The van der Waals surface area contributed by atoms with Gasteiger partial charge in [-0.25, -0.2) is 0 Å². The lowest BCUT2D eigenvalue weighted by atomic mass is 9.15. The number of carbonyl (C=O) groups is 4. The molecule has 2 aliphatic carbocycles. The number of nitrogens with zero attached hydrogens (tertiary/aromatic N) is 2. The Bertz CT molecular complexity index is 2250. The molecule has 10 rings (SSSR count). The van der Waals surface area contributed by atoms with E-state index in [0.717, 1.165) is 11.1 Å². The van der Waals surface area contributed by atoms with Gasteiger partial charge in [0.15, 0.2) is 0 Å². The Hall–Kier alpha value is -6.12. The third-order valence-electron chi connectivity index (χ3n) is 15.3. The van der Waals surface area contributed by atoms with E-state index in [0.29, 0.717) is 34.1 Å². The molecule has 4 saturated heterocycles. The van der Waals surface area contributed by atoms with E-state index >= 15 is 19.2 Å². The summed E-state index contributed by atoms with van der Waals surface area (Å²) in [5.74, 6) is -2.90. The van der Waals surface area contributed by atoms with Crippen molar-refractivity contribution in [2.75, 3.05) is 54.9 Å². The molecule has 0 atom stereocenters. The molecule has 4 aliphatic heterocycles. The molecule has 6 fully saturated rings. The molecule has 0 spiro atoms. The van der Waals surface area contributed by atoms with Gasteiger partial charge in [-0.3, -0.25) is 29.0 Å². The van der Waals surface area contributed by atoms with Crippen LogP contribution in [0.3, 0.4) is 0 Å². The minimum absolute atomic E-state index is 0.00196. The molecule has 14 nitrogen and oxygen atoms in total. The zero-order chi connectivity index (χ0) is 46.8. The van der Waals surface area contributed by atoms with E-state index in [4.69, 9.17) is 37.9 Å². The first-order chi connectivity index (χ1) is 32.0. The number of carbonyl (C=O) groups excluding carboxylic acids is 4. The minimum Gasteiger partial charge on any atom is -0.497 e. The van der Waals surface area contributed by atoms with Gasteiger partial charge in [0.25, 0.3) is 0 Å². The summed E-state index contributed by atoms with van der Waals surface area (Å²) in [6.45, 7) is 7.25. The lowest BCUT2D eigenvalue weighted by Crippen LogP contribution is -3.09. The van der Waals surface area contributed by atoms with E-state index < -0.39 is 81.5 Å². The summed E-state index contributed by atoms with van der Waals surface area (Å²) >= 11 is 0. The van der Waals surface area contributed by atoms with E-state index in [9.17, 15) is 0 Å². The minimum atomic E-state index is -1.73. The summed E-state index contributed by atoms with van der Waals surface area (Å²) in [5.41, 5.74) is -4.23. The van der Waals surface area contributed by atoms with E-state index in [-0.39, 0.29) is 39.5 Å². The summed E-state index contributed by atoms with van der Waals surface area (Å²) in [7, 11) is 6.15. The molecule has 2 saturated carbocycles. The maximum absolute atomic E-state index is 16.2. The van der Waals surface area contributed by atoms with Crippen LogP contribution in [0.5, 0.6) is 23.0 Å². The highest BCUT2D eigenvalue weighted by atomic mass is 16.6. The number of methoxy groups -OCH3 is 4. The third kappa shape index (κ3) is 5.54. The van der Waals surface area contributed by atoms with Crippen molar-refractivity contribution in [1.29, 1.82) is 0 Å². The Morgan fingerprint density at radius 2 is 0.742 bits per heavy atom. The van der Waals surface area contributed by atoms with Crippen LogP contribution in [0.1, 0.15) is 61.8 Å². The monoisotopic (exact) mass is 902 g/mol. The van der Waals surface area contributed by atoms with Gasteiger partial charge in [0.05, 0.1) is 54.9 Å². The number of ether oxygens (including phenoxy) is 8. The molecule has 66 heavy (non-hydrogen) atoms. The zero-order valence-corrected chi connectivity index (χ0v) is 38.7. The van der Waals surface area contributed by atoms with Crippen LogP contribution < -0.4 is 18.9 Å². The second-order valence-corrected chi connectivity index (χ2v) is 17.6. The molecule has 4 heterocycles. The molecular weight excluding hydrogens is 845 g/mol. The summed E-state index contributed by atoms with van der Waals surface area (Å²) in [6.07, 6.45) is 0. The van der Waals surface area contributed by atoms with Gasteiger partial charge in [0.2, 0.25) is 0 Å². The second-order valence-electron chi connectivity index (χ2n) is 17.6. The Kier molecular flexibility index (Phi) is 11.6. The van der Waals surface area contributed by atoms with Gasteiger partial charge in [-0.05, 0) is 51.0 Å². The first-order valence-corrected chi connectivity index (χ1v) is 22.8. The maximum atomic E-state index is 16.2. The van der Waals surface area contributed by atoms with Gasteiger partial charge < -0.3 is 37.9 Å². The maximum Gasteiger partial charge on any atom is 0.316 e. The Labute approximate surface area is 385 Å². The van der Waals surface area contributed by atoms with Crippen LogP contribution in [-0.2, 0) is 51.2 Å². The zero-order valence-electron chi connectivity index (χ0n) is 38.7. The number of esters is 4. The molecule has 0 aromatic heterocycles. The van der Waals surface area contributed by atoms with Crippen LogP contribution in [0.15, 0.2) is 97.1 Å². The molecule has 0 N–H and O–H groups in total. The highest BCUT2D eigenvalue weighted by Crippen LogP contribution is 2.93. The standard InChI is InChI=1S/C52H58N2O12/c1-9-63-45(55)49-39(35-25-23-33(59-5)27-37(35)61-7)50(46(56)64-10-2)43-52(48(58)66-12-4)40(36-26-24-34(60-6)28-38(36)62-8)51(47(57)65-11-3,41(49)53(43)29-31-19-15-13-16-20-31)42(49)54(44(50)52)30-32-21-17-14-18-22-32/h13-28,39-44H,9-12,29-30H2,1-8H3. The van der Waals surface area contributed by atoms with Crippen LogP contribution in [0.2, 0.25) is 0 Å². The Morgan fingerprint density at radius 1 is 0.439 bits per heavy atom. The number of hydrogen-bond acceptors (Lipinski definition) is 14. The SMILES string of the molecule is CCOC(=O)C12C(c3ccc(OC)cc3OC)C3(C(=O)OCC)C4N(Cc5ccccc5)C1C1(C(=O)OCC)C(c5ccc(OC)cc5OC)C4(C(=O)OCC)C3N(Cc3ccccc3)C21. The van der Waals surface area contributed by atoms with Crippen LogP contribution in [0.25, 0.3) is 0 Å². The van der Waals surface area contributed by atoms with Gasteiger partial charge in [-0.2, -0.15) is 0 Å². The van der Waals surface area contributed by atoms with Crippen LogP contribution in [-0.4, -0.2) is 113 Å². The Balaban J connectivity index is 1.52. The van der Waals surface area contributed by atoms with Crippen LogP contribution in [0, 0.1) is 21.7 Å². The van der Waals surface area contributed by atoms with Crippen molar-refractivity contribution in [3.63, 3.8) is 0 Å². The van der Waals surface area contributed by atoms with Crippen molar-refractivity contribution in [3.05, 3.63) is 119 Å². The van der Waals surface area contributed by atoms with Gasteiger partial charge in [0.1, 0.15) is 44.7 Å². The van der Waals surface area contributed by atoms with Crippen LogP contribution in [0.4, 0.5) is 0 Å². The molecular formula is C52H58N2O12. The Morgan fingerprint density at radius 3 is 1.00 bits per heavy atom. The molecule has 0 amide bonds. The van der Waals surface area contributed by atoms with Gasteiger partial charge >= 0.3 is 23.9 Å². The summed E-state index contributed by atoms with van der Waals surface area (Å²) in [5, 5.41) is 0. The van der Waals surface area contributed by atoms with Crippen molar-refractivity contribution >= 4 is 23.9 Å². The summed E-state index contributed by atoms with van der Waals surface area (Å²) in [6, 6.07) is 25.7. The molecule has 0 unspecified atom stereocenters. The fourth-order valence-corrected chi connectivity index (χ4v) is 14.0.